The number of hydrogen-bond donors (Lipinski definition) is 0. The van der Waals surface area contributed by atoms with E-state index in [1.807, 2.05) is 0 Å². The molecule has 0 unspecified atom stereocenters. The first-order valence-corrected chi connectivity index (χ1v) is 19.6. The molecule has 254 valence electrons. The number of unbranched alkanes of at least 4 members (excludes halogenated alkanes) is 7. The second-order valence-electron chi connectivity index (χ2n) is 17.9. The topological polar surface area (TPSA) is 26.3 Å². The van der Waals surface area contributed by atoms with E-state index in [1.165, 1.54) is 109 Å². The maximum Gasteiger partial charge on any atom is 0.362 e. The Bertz CT molecular complexity index is 937. The van der Waals surface area contributed by atoms with Crippen molar-refractivity contribution in [2.75, 3.05) is 27.2 Å². The number of fused-ring (bicyclic) bond motifs is 5. The lowest BCUT2D eigenvalue weighted by atomic mass is 9.47. The molecule has 3 nitrogen and oxygen atoms in total. The quantitative estimate of drug-likeness (QED) is 0.0707. The van der Waals surface area contributed by atoms with Crippen LogP contribution in [0.1, 0.15) is 164 Å². The summed E-state index contributed by atoms with van der Waals surface area (Å²) in [6.45, 7) is 16.5. The monoisotopic (exact) mass is 613 g/mol. The number of allylic oxidation sites excluding steroid dienone is 1. The molecule has 0 bridgehead atoms. The Labute approximate surface area is 274 Å². The molecular weight excluding hydrogens is 538 g/mol. The van der Waals surface area contributed by atoms with Crippen molar-refractivity contribution >= 4 is 5.97 Å². The first-order chi connectivity index (χ1) is 20.9. The van der Waals surface area contributed by atoms with Gasteiger partial charge < -0.3 is 9.22 Å². The van der Waals surface area contributed by atoms with Crippen molar-refractivity contribution in [3.05, 3.63) is 11.6 Å². The summed E-state index contributed by atoms with van der Waals surface area (Å²) in [7, 11) is 4.42. The lowest BCUT2D eigenvalue weighted by molar-refractivity contribution is -0.883. The highest BCUT2D eigenvalue weighted by Crippen LogP contribution is 2.67. The maximum atomic E-state index is 13.1. The Morgan fingerprint density at radius 1 is 0.886 bits per heavy atom. The highest BCUT2D eigenvalue weighted by molar-refractivity contribution is 5.70. The minimum atomic E-state index is 0.0189. The van der Waals surface area contributed by atoms with Crippen LogP contribution in [0.15, 0.2) is 11.6 Å². The molecule has 0 N–H and O–H groups in total. The molecule has 0 aromatic rings. The third kappa shape index (κ3) is 8.74. The van der Waals surface area contributed by atoms with Crippen molar-refractivity contribution in [2.45, 2.75) is 170 Å². The number of quaternary nitrogens is 1. The van der Waals surface area contributed by atoms with E-state index in [1.54, 1.807) is 5.57 Å². The number of hydrogen-bond acceptors (Lipinski definition) is 2. The maximum absolute atomic E-state index is 13.1. The Balaban J connectivity index is 1.25. The third-order valence-electron chi connectivity index (χ3n) is 13.7. The molecule has 0 aromatic heterocycles. The Morgan fingerprint density at radius 2 is 1.59 bits per heavy atom. The van der Waals surface area contributed by atoms with Crippen LogP contribution in [-0.4, -0.2) is 43.7 Å². The van der Waals surface area contributed by atoms with Gasteiger partial charge in [0.25, 0.3) is 0 Å². The fourth-order valence-corrected chi connectivity index (χ4v) is 11.1. The van der Waals surface area contributed by atoms with Gasteiger partial charge in [0.15, 0.2) is 6.54 Å². The van der Waals surface area contributed by atoms with Gasteiger partial charge in [-0.1, -0.05) is 111 Å². The molecule has 3 heteroatoms. The second-order valence-corrected chi connectivity index (χ2v) is 17.9. The first-order valence-electron chi connectivity index (χ1n) is 19.6. The highest BCUT2D eigenvalue weighted by atomic mass is 16.5. The Kier molecular flexibility index (Phi) is 13.0. The lowest BCUT2D eigenvalue weighted by Gasteiger charge is -2.58. The van der Waals surface area contributed by atoms with E-state index in [0.29, 0.717) is 17.4 Å². The zero-order chi connectivity index (χ0) is 32.0. The van der Waals surface area contributed by atoms with Gasteiger partial charge >= 0.3 is 5.97 Å². The molecule has 0 aromatic carbocycles. The zero-order valence-electron chi connectivity index (χ0n) is 30.7. The summed E-state index contributed by atoms with van der Waals surface area (Å²) in [6, 6.07) is 0. The molecule has 4 aliphatic carbocycles. The number of rotatable bonds is 17. The summed E-state index contributed by atoms with van der Waals surface area (Å²) >= 11 is 0. The molecule has 8 atom stereocenters. The number of carbonyl (C=O) groups is 1. The van der Waals surface area contributed by atoms with Gasteiger partial charge in [0.2, 0.25) is 0 Å². The van der Waals surface area contributed by atoms with Gasteiger partial charge in [-0.05, 0) is 104 Å². The number of nitrogens with zero attached hydrogens (tertiary/aromatic N) is 1. The van der Waals surface area contributed by atoms with Crippen LogP contribution in [0.5, 0.6) is 0 Å². The smallest absolute Gasteiger partial charge is 0.362 e. The standard InChI is InChI=1S/C41H74NO2/c1-9-10-11-12-13-14-15-16-28-42(7,8)30-39(43)44-34-24-26-40(5)33(29-34)20-21-35-37-23-22-36(32(4)19-17-18-31(2)3)41(37,6)27-25-38(35)40/h20,31-32,34-38H,9-19,21-30H2,1-8H3/q+1/t32-,34+,35+,36-,37+,38+,40+,41-/m1/s1. The molecular formula is C41H74NO2+. The predicted molar refractivity (Wildman–Crippen MR) is 187 cm³/mol. The predicted octanol–water partition coefficient (Wildman–Crippen LogP) is 11.2. The van der Waals surface area contributed by atoms with Gasteiger partial charge in [0.1, 0.15) is 6.10 Å². The van der Waals surface area contributed by atoms with Crippen LogP contribution >= 0.6 is 0 Å². The van der Waals surface area contributed by atoms with Crippen LogP contribution < -0.4 is 0 Å². The van der Waals surface area contributed by atoms with Crippen LogP contribution in [0.25, 0.3) is 0 Å². The summed E-state index contributed by atoms with van der Waals surface area (Å²) in [4.78, 5) is 13.1. The van der Waals surface area contributed by atoms with E-state index < -0.39 is 0 Å². The number of esters is 1. The summed E-state index contributed by atoms with van der Waals surface area (Å²) in [5.74, 6) is 5.25. The first kappa shape index (κ1) is 36.0. The molecule has 3 fully saturated rings. The lowest BCUT2D eigenvalue weighted by Crippen LogP contribution is -2.51. The van der Waals surface area contributed by atoms with Gasteiger partial charge in [0.05, 0.1) is 20.6 Å². The summed E-state index contributed by atoms with van der Waals surface area (Å²) < 4.78 is 6.97. The SMILES string of the molecule is CCCCCCCCCC[N+](C)(C)CC(=O)O[C@H]1CC[C@@]2(C)C(=CC[C@H]3[C@@H]4CC[C@H]([C@H](C)CCCC(C)C)[C@@]4(C)CC[C@@H]32)C1. The van der Waals surface area contributed by atoms with E-state index in [9.17, 15) is 4.79 Å². The third-order valence-corrected chi connectivity index (χ3v) is 13.7. The molecule has 3 saturated carbocycles. The van der Waals surface area contributed by atoms with Crippen LogP contribution in [0.2, 0.25) is 0 Å². The molecule has 0 heterocycles. The van der Waals surface area contributed by atoms with Gasteiger partial charge in [-0.2, -0.15) is 0 Å². The molecule has 4 aliphatic rings. The van der Waals surface area contributed by atoms with Crippen LogP contribution in [0, 0.1) is 46.3 Å². The van der Waals surface area contributed by atoms with E-state index in [0.717, 1.165) is 59.4 Å². The fraction of sp³-hybridized carbons (Fsp3) is 0.927. The number of likely N-dealkylation sites (N-methyl/N-ethyl adjacent to an activating group) is 1. The van der Waals surface area contributed by atoms with Gasteiger partial charge in [-0.3, -0.25) is 0 Å². The Hall–Kier alpha value is -0.830. The van der Waals surface area contributed by atoms with E-state index in [4.69, 9.17) is 4.74 Å². The van der Waals surface area contributed by atoms with Crippen LogP contribution in [0.4, 0.5) is 0 Å². The second kappa shape index (κ2) is 15.8. The molecule has 0 amide bonds. The van der Waals surface area contributed by atoms with Gasteiger partial charge in [0, 0.05) is 6.42 Å². The Morgan fingerprint density at radius 3 is 2.30 bits per heavy atom. The molecule has 0 radical (unpaired) electrons. The van der Waals surface area contributed by atoms with E-state index in [-0.39, 0.29) is 12.1 Å². The molecule has 44 heavy (non-hydrogen) atoms. The fourth-order valence-electron chi connectivity index (χ4n) is 11.1. The van der Waals surface area contributed by atoms with Crippen molar-refractivity contribution in [1.82, 2.24) is 0 Å². The van der Waals surface area contributed by atoms with Crippen molar-refractivity contribution in [3.63, 3.8) is 0 Å². The van der Waals surface area contributed by atoms with Gasteiger partial charge in [-0.25, -0.2) is 4.79 Å². The summed E-state index contributed by atoms with van der Waals surface area (Å²) in [5.41, 5.74) is 2.50. The van der Waals surface area contributed by atoms with E-state index >= 15 is 0 Å². The van der Waals surface area contributed by atoms with Gasteiger partial charge in [-0.15, -0.1) is 0 Å². The molecule has 0 aliphatic heterocycles. The highest BCUT2D eigenvalue weighted by Gasteiger charge is 2.59. The largest absolute Gasteiger partial charge is 0.458 e. The molecule has 4 rings (SSSR count). The van der Waals surface area contributed by atoms with E-state index in [2.05, 4.69) is 61.7 Å². The van der Waals surface area contributed by atoms with Crippen molar-refractivity contribution in [2.24, 2.45) is 46.3 Å². The zero-order valence-corrected chi connectivity index (χ0v) is 30.7. The van der Waals surface area contributed by atoms with Crippen molar-refractivity contribution < 1.29 is 14.0 Å². The van der Waals surface area contributed by atoms with Crippen molar-refractivity contribution in [1.29, 1.82) is 0 Å². The summed E-state index contributed by atoms with van der Waals surface area (Å²) in [5, 5.41) is 0. The normalized spacial score (nSPS) is 34.2. The minimum absolute atomic E-state index is 0.0189. The molecule has 0 saturated heterocycles. The average molecular weight is 613 g/mol. The minimum Gasteiger partial charge on any atom is -0.458 e. The molecule has 0 spiro atoms. The number of ether oxygens (including phenoxy) is 1. The van der Waals surface area contributed by atoms with Crippen LogP contribution in [-0.2, 0) is 9.53 Å². The average Bonchev–Trinajstić information content (AvgIpc) is 3.31. The van der Waals surface area contributed by atoms with Crippen molar-refractivity contribution in [3.8, 4) is 0 Å². The van der Waals surface area contributed by atoms with Crippen LogP contribution in [0.3, 0.4) is 0 Å². The number of carbonyl (C=O) groups excluding carboxylic acids is 1. The summed E-state index contributed by atoms with van der Waals surface area (Å²) in [6.07, 6.45) is 27.9.